The third-order valence-corrected chi connectivity index (χ3v) is 2.28. The molecule has 1 aliphatic rings. The smallest absolute Gasteiger partial charge is 0.136 e. The molecule has 0 N–H and O–H groups in total. The summed E-state index contributed by atoms with van der Waals surface area (Å²) in [5.41, 5.74) is 1.14. The summed E-state index contributed by atoms with van der Waals surface area (Å²) >= 11 is 0. The second-order valence-electron chi connectivity index (χ2n) is 3.57. The minimum absolute atomic E-state index is 0.307. The molecule has 11 heavy (non-hydrogen) atoms. The van der Waals surface area contributed by atoms with Gasteiger partial charge in [0.15, 0.2) is 0 Å². The van der Waals surface area contributed by atoms with Crippen LogP contribution in [0.1, 0.15) is 39.0 Å². The van der Waals surface area contributed by atoms with Crippen LogP contribution in [0.15, 0.2) is 12.2 Å². The quantitative estimate of drug-likeness (QED) is 0.556. The summed E-state index contributed by atoms with van der Waals surface area (Å²) in [6, 6.07) is 0. The van der Waals surface area contributed by atoms with Crippen molar-refractivity contribution >= 4 is 5.78 Å². The van der Waals surface area contributed by atoms with E-state index < -0.39 is 0 Å². The van der Waals surface area contributed by atoms with Gasteiger partial charge < -0.3 is 0 Å². The summed E-state index contributed by atoms with van der Waals surface area (Å²) in [6.45, 7) is 5.83. The minimum Gasteiger partial charge on any atom is -0.299 e. The third kappa shape index (κ3) is 2.49. The Balaban J connectivity index is 2.42. The van der Waals surface area contributed by atoms with E-state index >= 15 is 0 Å². The molecule has 0 aliphatic heterocycles. The number of ketones is 1. The summed E-state index contributed by atoms with van der Waals surface area (Å²) in [5.74, 6) is 0.764. The van der Waals surface area contributed by atoms with Crippen LogP contribution in [0.5, 0.6) is 0 Å². The number of allylic oxidation sites excluding steroid dienone is 1. The Labute approximate surface area is 68.5 Å². The molecule has 0 bridgehead atoms. The van der Waals surface area contributed by atoms with Crippen LogP contribution in [0.4, 0.5) is 0 Å². The van der Waals surface area contributed by atoms with Gasteiger partial charge in [-0.3, -0.25) is 4.79 Å². The van der Waals surface area contributed by atoms with E-state index in [0.29, 0.717) is 11.7 Å². The van der Waals surface area contributed by atoms with E-state index in [-0.39, 0.29) is 0 Å². The van der Waals surface area contributed by atoms with Gasteiger partial charge in [0, 0.05) is 12.3 Å². The van der Waals surface area contributed by atoms with Crippen molar-refractivity contribution in [3.05, 3.63) is 12.2 Å². The topological polar surface area (TPSA) is 17.1 Å². The Morgan fingerprint density at radius 1 is 1.64 bits per heavy atom. The molecule has 62 valence electrons. The van der Waals surface area contributed by atoms with Gasteiger partial charge in [0.25, 0.3) is 0 Å². The molecule has 1 rings (SSSR count). The number of hydrogen-bond acceptors (Lipinski definition) is 1. The van der Waals surface area contributed by atoms with Gasteiger partial charge in [-0.05, 0) is 26.2 Å². The van der Waals surface area contributed by atoms with Crippen LogP contribution < -0.4 is 0 Å². The van der Waals surface area contributed by atoms with Crippen molar-refractivity contribution in [2.45, 2.75) is 39.0 Å². The van der Waals surface area contributed by atoms with E-state index in [9.17, 15) is 4.79 Å². The van der Waals surface area contributed by atoms with Crippen molar-refractivity contribution < 1.29 is 4.79 Å². The fourth-order valence-corrected chi connectivity index (χ4v) is 1.69. The van der Waals surface area contributed by atoms with Gasteiger partial charge >= 0.3 is 0 Å². The molecule has 1 nitrogen and oxygen atoms in total. The van der Waals surface area contributed by atoms with Crippen LogP contribution in [0.3, 0.4) is 0 Å². The van der Waals surface area contributed by atoms with Gasteiger partial charge in [0.05, 0.1) is 0 Å². The summed E-state index contributed by atoms with van der Waals surface area (Å²) in [5, 5.41) is 0. The maximum absolute atomic E-state index is 11.3. The Morgan fingerprint density at radius 2 is 2.36 bits per heavy atom. The highest BCUT2D eigenvalue weighted by Crippen LogP contribution is 2.25. The van der Waals surface area contributed by atoms with Crippen molar-refractivity contribution in [2.24, 2.45) is 5.92 Å². The Kier molecular flexibility index (Phi) is 2.86. The fraction of sp³-hybridized carbons (Fsp3) is 0.700. The second kappa shape index (κ2) is 3.70. The molecule has 1 fully saturated rings. The number of hydrogen-bond donors (Lipinski definition) is 0. The van der Waals surface area contributed by atoms with Crippen molar-refractivity contribution in [2.75, 3.05) is 0 Å². The van der Waals surface area contributed by atoms with Gasteiger partial charge in [-0.15, -0.1) is 6.58 Å². The lowest BCUT2D eigenvalue weighted by atomic mass is 9.84. The lowest BCUT2D eigenvalue weighted by Gasteiger charge is -2.19. The molecule has 1 atom stereocenters. The van der Waals surface area contributed by atoms with Crippen LogP contribution in [0, 0.1) is 5.92 Å². The lowest BCUT2D eigenvalue weighted by molar-refractivity contribution is -0.124. The maximum Gasteiger partial charge on any atom is 0.136 e. The first-order valence-electron chi connectivity index (χ1n) is 4.37. The van der Waals surface area contributed by atoms with E-state index in [1.54, 1.807) is 0 Å². The van der Waals surface area contributed by atoms with Crippen LogP contribution >= 0.6 is 0 Å². The molecule has 0 radical (unpaired) electrons. The molecule has 0 saturated heterocycles. The molecular formula is C10H16O. The zero-order chi connectivity index (χ0) is 8.27. The highest BCUT2D eigenvalue weighted by atomic mass is 16.1. The Hall–Kier alpha value is -0.590. The summed E-state index contributed by atoms with van der Waals surface area (Å²) in [6.07, 6.45) is 5.14. The Morgan fingerprint density at radius 3 is 2.91 bits per heavy atom. The normalized spacial score (nSPS) is 25.2. The average Bonchev–Trinajstić information content (AvgIpc) is 1.93. The van der Waals surface area contributed by atoms with E-state index in [1.165, 1.54) is 6.42 Å². The molecular weight excluding hydrogens is 136 g/mol. The number of carbonyl (C=O) groups excluding carboxylic acids is 1. The van der Waals surface area contributed by atoms with Crippen LogP contribution in [0.25, 0.3) is 0 Å². The summed E-state index contributed by atoms with van der Waals surface area (Å²) < 4.78 is 0. The zero-order valence-corrected chi connectivity index (χ0v) is 7.23. The predicted octanol–water partition coefficient (Wildman–Crippen LogP) is 2.71. The first-order valence-corrected chi connectivity index (χ1v) is 4.37. The molecule has 0 unspecified atom stereocenters. The van der Waals surface area contributed by atoms with Crippen molar-refractivity contribution in [1.82, 2.24) is 0 Å². The third-order valence-electron chi connectivity index (χ3n) is 2.28. The van der Waals surface area contributed by atoms with Gasteiger partial charge in [0.2, 0.25) is 0 Å². The zero-order valence-electron chi connectivity index (χ0n) is 7.23. The van der Waals surface area contributed by atoms with Crippen LogP contribution in [0.2, 0.25) is 0 Å². The molecule has 0 aromatic heterocycles. The van der Waals surface area contributed by atoms with Crippen LogP contribution in [-0.2, 0) is 4.79 Å². The standard InChI is InChI=1S/C10H16O/c1-8(2)7-9-5-3-4-6-10(9)11/h9H,1,3-7H2,2H3/t9-/m0/s1. The van der Waals surface area contributed by atoms with Crippen LogP contribution in [-0.4, -0.2) is 5.78 Å². The summed E-state index contributed by atoms with van der Waals surface area (Å²) in [4.78, 5) is 11.3. The van der Waals surface area contributed by atoms with Crippen molar-refractivity contribution in [3.8, 4) is 0 Å². The first-order chi connectivity index (χ1) is 5.20. The molecule has 1 aliphatic carbocycles. The van der Waals surface area contributed by atoms with E-state index in [1.807, 2.05) is 6.92 Å². The SMILES string of the molecule is C=C(C)C[C@@H]1CCCCC1=O. The molecule has 0 amide bonds. The predicted molar refractivity (Wildman–Crippen MR) is 46.4 cm³/mol. The molecule has 1 heteroatoms. The van der Waals surface area contributed by atoms with Gasteiger partial charge in [-0.2, -0.15) is 0 Å². The number of carbonyl (C=O) groups is 1. The first kappa shape index (κ1) is 8.51. The van der Waals surface area contributed by atoms with E-state index in [4.69, 9.17) is 0 Å². The molecule has 0 heterocycles. The lowest BCUT2D eigenvalue weighted by Crippen LogP contribution is -2.18. The van der Waals surface area contributed by atoms with Gasteiger partial charge in [-0.1, -0.05) is 12.0 Å². The highest BCUT2D eigenvalue weighted by molar-refractivity contribution is 5.81. The monoisotopic (exact) mass is 152 g/mol. The van der Waals surface area contributed by atoms with E-state index in [0.717, 1.165) is 31.3 Å². The molecule has 0 spiro atoms. The largest absolute Gasteiger partial charge is 0.299 e. The fourth-order valence-electron chi connectivity index (χ4n) is 1.69. The average molecular weight is 152 g/mol. The molecule has 0 aromatic carbocycles. The van der Waals surface area contributed by atoms with Gasteiger partial charge in [0.1, 0.15) is 5.78 Å². The molecule has 0 aromatic rings. The van der Waals surface area contributed by atoms with Crippen molar-refractivity contribution in [3.63, 3.8) is 0 Å². The Bertz CT molecular complexity index is 170. The number of rotatable bonds is 2. The maximum atomic E-state index is 11.3. The van der Waals surface area contributed by atoms with Crippen molar-refractivity contribution in [1.29, 1.82) is 0 Å². The minimum atomic E-state index is 0.307. The summed E-state index contributed by atoms with van der Waals surface area (Å²) in [7, 11) is 0. The molecule has 1 saturated carbocycles. The number of Topliss-reactive ketones (excluding diaryl/α,β-unsaturated/α-hetero) is 1. The second-order valence-corrected chi connectivity index (χ2v) is 3.57. The highest BCUT2D eigenvalue weighted by Gasteiger charge is 2.21. The van der Waals surface area contributed by atoms with E-state index in [2.05, 4.69) is 6.58 Å². The van der Waals surface area contributed by atoms with Gasteiger partial charge in [-0.25, -0.2) is 0 Å².